The van der Waals surface area contributed by atoms with Gasteiger partial charge in [0.1, 0.15) is 11.5 Å². The van der Waals surface area contributed by atoms with E-state index in [0.717, 1.165) is 5.75 Å². The molecule has 0 bridgehead atoms. The van der Waals surface area contributed by atoms with E-state index in [1.807, 2.05) is 48.5 Å². The number of morpholine rings is 1. The first-order valence-electron chi connectivity index (χ1n) is 11.4. The Balaban J connectivity index is 1.47. The van der Waals surface area contributed by atoms with Crippen molar-refractivity contribution in [2.75, 3.05) is 38.2 Å². The lowest BCUT2D eigenvalue weighted by Crippen LogP contribution is -2.40. The summed E-state index contributed by atoms with van der Waals surface area (Å²) in [6, 6.07) is 23.0. The second-order valence-electron chi connectivity index (χ2n) is 7.90. The molecule has 0 aromatic heterocycles. The zero-order valence-electron chi connectivity index (χ0n) is 19.3. The molecule has 0 atom stereocenters. The van der Waals surface area contributed by atoms with Gasteiger partial charge in [-0.25, -0.2) is 8.42 Å². The molecule has 184 valence electrons. The van der Waals surface area contributed by atoms with E-state index in [-0.39, 0.29) is 36.0 Å². The Morgan fingerprint density at radius 1 is 0.914 bits per heavy atom. The molecule has 1 saturated heterocycles. The van der Waals surface area contributed by atoms with Crippen LogP contribution in [0.3, 0.4) is 0 Å². The van der Waals surface area contributed by atoms with Crippen LogP contribution in [0.5, 0.6) is 17.2 Å². The van der Waals surface area contributed by atoms with E-state index in [1.54, 1.807) is 18.2 Å². The average molecular weight is 497 g/mol. The number of amides is 1. The smallest absolute Gasteiger partial charge is 0.243 e. The molecule has 9 heteroatoms. The van der Waals surface area contributed by atoms with Crippen LogP contribution >= 0.6 is 0 Å². The van der Waals surface area contributed by atoms with Crippen LogP contribution in [0, 0.1) is 0 Å². The first kappa shape index (κ1) is 24.7. The van der Waals surface area contributed by atoms with Crippen molar-refractivity contribution in [3.63, 3.8) is 0 Å². The average Bonchev–Trinajstić information content (AvgIpc) is 2.89. The summed E-state index contributed by atoms with van der Waals surface area (Å²) in [6.45, 7) is 1.66. The fraction of sp³-hybridized carbons (Fsp3) is 0.269. The number of sulfonamides is 1. The predicted molar refractivity (Wildman–Crippen MR) is 132 cm³/mol. The minimum atomic E-state index is -3.74. The molecular weight excluding hydrogens is 468 g/mol. The Bertz CT molecular complexity index is 1210. The molecule has 0 aliphatic carbocycles. The molecule has 0 unspecified atom stereocenters. The Kier molecular flexibility index (Phi) is 8.36. The number of carbonyl (C=O) groups is 1. The molecule has 1 heterocycles. The van der Waals surface area contributed by atoms with E-state index >= 15 is 0 Å². The van der Waals surface area contributed by atoms with Gasteiger partial charge in [-0.1, -0.05) is 36.4 Å². The largest absolute Gasteiger partial charge is 0.494 e. The summed E-state index contributed by atoms with van der Waals surface area (Å²) >= 11 is 0. The second-order valence-corrected chi connectivity index (χ2v) is 9.84. The quantitative estimate of drug-likeness (QED) is 0.421. The maximum atomic E-state index is 13.1. The highest BCUT2D eigenvalue weighted by Gasteiger charge is 2.27. The number of nitrogens with one attached hydrogen (secondary N) is 1. The highest BCUT2D eigenvalue weighted by atomic mass is 32.2. The first-order valence-corrected chi connectivity index (χ1v) is 12.9. The van der Waals surface area contributed by atoms with Crippen molar-refractivity contribution in [2.45, 2.75) is 17.7 Å². The molecule has 35 heavy (non-hydrogen) atoms. The molecule has 0 spiro atoms. The van der Waals surface area contributed by atoms with Crippen LogP contribution in [-0.4, -0.2) is 51.5 Å². The van der Waals surface area contributed by atoms with Crippen molar-refractivity contribution in [3.05, 3.63) is 78.9 Å². The van der Waals surface area contributed by atoms with E-state index in [1.165, 1.54) is 16.4 Å². The maximum absolute atomic E-state index is 13.1. The van der Waals surface area contributed by atoms with Gasteiger partial charge in [-0.3, -0.25) is 4.79 Å². The fourth-order valence-electron chi connectivity index (χ4n) is 3.56. The zero-order chi connectivity index (χ0) is 24.5. The van der Waals surface area contributed by atoms with Gasteiger partial charge < -0.3 is 19.5 Å². The molecule has 1 amide bonds. The van der Waals surface area contributed by atoms with Gasteiger partial charge in [0, 0.05) is 19.5 Å². The van der Waals surface area contributed by atoms with Crippen LogP contribution in [0.2, 0.25) is 0 Å². The number of carbonyl (C=O) groups excluding carboxylic acids is 1. The van der Waals surface area contributed by atoms with Crippen molar-refractivity contribution < 1.29 is 27.4 Å². The molecule has 3 aromatic carbocycles. The summed E-state index contributed by atoms with van der Waals surface area (Å²) in [6.07, 6.45) is 0.708. The monoisotopic (exact) mass is 496 g/mol. The summed E-state index contributed by atoms with van der Waals surface area (Å²) in [5, 5.41) is 2.82. The number of hydrogen-bond acceptors (Lipinski definition) is 6. The molecule has 0 radical (unpaired) electrons. The number of anilines is 1. The molecular formula is C26H28N2O6S. The third-order valence-electron chi connectivity index (χ3n) is 5.36. The molecule has 1 fully saturated rings. The van der Waals surface area contributed by atoms with Gasteiger partial charge in [0.2, 0.25) is 15.9 Å². The Morgan fingerprint density at radius 3 is 2.26 bits per heavy atom. The number of hydrogen-bond donors (Lipinski definition) is 1. The van der Waals surface area contributed by atoms with Crippen LogP contribution in [0.4, 0.5) is 5.69 Å². The number of nitrogens with zero attached hydrogens (tertiary/aromatic N) is 1. The summed E-state index contributed by atoms with van der Waals surface area (Å²) in [5.74, 6) is 1.40. The summed E-state index contributed by atoms with van der Waals surface area (Å²) in [5.41, 5.74) is 0.289. The van der Waals surface area contributed by atoms with Crippen LogP contribution in [-0.2, 0) is 19.6 Å². The van der Waals surface area contributed by atoms with Crippen molar-refractivity contribution in [1.82, 2.24) is 4.31 Å². The van der Waals surface area contributed by atoms with Crippen molar-refractivity contribution in [3.8, 4) is 17.2 Å². The minimum absolute atomic E-state index is 0.0857. The lowest BCUT2D eigenvalue weighted by Gasteiger charge is -2.26. The SMILES string of the molecule is O=C(CCCOc1ccccc1)Nc1cc(S(=O)(=O)N2CCOCC2)ccc1Oc1ccccc1. The van der Waals surface area contributed by atoms with Crippen LogP contribution in [0.1, 0.15) is 12.8 Å². The van der Waals surface area contributed by atoms with Gasteiger partial charge in [0.15, 0.2) is 5.75 Å². The van der Waals surface area contributed by atoms with Crippen LogP contribution in [0.15, 0.2) is 83.8 Å². The van der Waals surface area contributed by atoms with Gasteiger partial charge >= 0.3 is 0 Å². The lowest BCUT2D eigenvalue weighted by molar-refractivity contribution is -0.116. The van der Waals surface area contributed by atoms with Gasteiger partial charge in [-0.15, -0.1) is 0 Å². The molecule has 1 aliphatic heterocycles. The zero-order valence-corrected chi connectivity index (χ0v) is 20.1. The Labute approximate surface area is 205 Å². The molecule has 3 aromatic rings. The minimum Gasteiger partial charge on any atom is -0.494 e. The summed E-state index contributed by atoms with van der Waals surface area (Å²) in [7, 11) is -3.74. The van der Waals surface area contributed by atoms with Crippen molar-refractivity contribution in [2.24, 2.45) is 0 Å². The molecule has 8 nitrogen and oxygen atoms in total. The van der Waals surface area contributed by atoms with Gasteiger partial charge in [0.25, 0.3) is 0 Å². The second kappa shape index (κ2) is 11.8. The summed E-state index contributed by atoms with van der Waals surface area (Å²) < 4.78 is 44.5. The van der Waals surface area contributed by atoms with Crippen LogP contribution in [0.25, 0.3) is 0 Å². The standard InChI is InChI=1S/C26H28N2O6S/c29-26(12-7-17-33-21-8-3-1-4-9-21)27-24-20-23(35(30,31)28-15-18-32-19-16-28)13-14-25(24)34-22-10-5-2-6-11-22/h1-6,8-11,13-14,20H,7,12,15-19H2,(H,27,29). The van der Waals surface area contributed by atoms with Gasteiger partial charge in [0.05, 0.1) is 30.4 Å². The van der Waals surface area contributed by atoms with Crippen molar-refractivity contribution in [1.29, 1.82) is 0 Å². The molecule has 4 rings (SSSR count). The normalized spacial score (nSPS) is 14.3. The molecule has 0 saturated carbocycles. The van der Waals surface area contributed by atoms with E-state index in [0.29, 0.717) is 37.7 Å². The lowest BCUT2D eigenvalue weighted by atomic mass is 10.2. The first-order chi connectivity index (χ1) is 17.0. The molecule has 1 N–H and O–H groups in total. The summed E-state index contributed by atoms with van der Waals surface area (Å²) in [4.78, 5) is 12.8. The number of ether oxygens (including phenoxy) is 3. The van der Waals surface area contributed by atoms with Crippen molar-refractivity contribution >= 4 is 21.6 Å². The number of rotatable bonds is 10. The van der Waals surface area contributed by atoms with Crippen LogP contribution < -0.4 is 14.8 Å². The number of benzene rings is 3. The topological polar surface area (TPSA) is 94.2 Å². The van der Waals surface area contributed by atoms with Gasteiger partial charge in [-0.05, 0) is 48.9 Å². The highest BCUT2D eigenvalue weighted by Crippen LogP contribution is 2.33. The predicted octanol–water partition coefficient (Wildman–Crippen LogP) is 4.30. The highest BCUT2D eigenvalue weighted by molar-refractivity contribution is 7.89. The Hall–Kier alpha value is -3.40. The fourth-order valence-corrected chi connectivity index (χ4v) is 4.99. The Morgan fingerprint density at radius 2 is 1.57 bits per heavy atom. The maximum Gasteiger partial charge on any atom is 0.243 e. The molecule has 1 aliphatic rings. The third kappa shape index (κ3) is 6.82. The van der Waals surface area contributed by atoms with E-state index in [2.05, 4.69) is 5.32 Å². The number of para-hydroxylation sites is 2. The van der Waals surface area contributed by atoms with Gasteiger partial charge in [-0.2, -0.15) is 4.31 Å². The third-order valence-corrected chi connectivity index (χ3v) is 7.26. The van der Waals surface area contributed by atoms with E-state index in [4.69, 9.17) is 14.2 Å². The van der Waals surface area contributed by atoms with E-state index < -0.39 is 10.0 Å². The van der Waals surface area contributed by atoms with E-state index in [9.17, 15) is 13.2 Å².